The summed E-state index contributed by atoms with van der Waals surface area (Å²) in [5.41, 5.74) is 1.72. The van der Waals surface area contributed by atoms with Crippen LogP contribution in [0.5, 0.6) is 0 Å². The summed E-state index contributed by atoms with van der Waals surface area (Å²) in [7, 11) is -3.51. The van der Waals surface area contributed by atoms with Gasteiger partial charge in [0.25, 0.3) is 0 Å². The summed E-state index contributed by atoms with van der Waals surface area (Å²) in [6, 6.07) is 9.36. The molecule has 3 rings (SSSR count). The monoisotopic (exact) mass is 380 g/mol. The highest BCUT2D eigenvalue weighted by Gasteiger charge is 2.38. The average Bonchev–Trinajstić information content (AvgIpc) is 3.28. The standard InChI is InChI=1S/C19H25FN2O3S/c1-14(2)18-17(15-8-4-3-5-9-15)21-19(25-18)16-10-6-12-22(16)26(23,24)13-7-11-20/h3-5,8-9,14,16H,6-7,10-13H2,1-2H3. The van der Waals surface area contributed by atoms with E-state index < -0.39 is 22.7 Å². The van der Waals surface area contributed by atoms with Gasteiger partial charge in [-0.25, -0.2) is 13.4 Å². The van der Waals surface area contributed by atoms with E-state index in [1.807, 2.05) is 44.2 Å². The van der Waals surface area contributed by atoms with E-state index >= 15 is 0 Å². The molecule has 1 aromatic carbocycles. The second-order valence-electron chi connectivity index (χ2n) is 6.91. The first kappa shape index (κ1) is 19.0. The minimum atomic E-state index is -3.51. The zero-order valence-electron chi connectivity index (χ0n) is 15.2. The number of benzene rings is 1. The van der Waals surface area contributed by atoms with Crippen molar-refractivity contribution in [2.45, 2.75) is 45.1 Å². The fourth-order valence-corrected chi connectivity index (χ4v) is 5.06. The van der Waals surface area contributed by atoms with E-state index in [2.05, 4.69) is 4.98 Å². The van der Waals surface area contributed by atoms with Crippen molar-refractivity contribution in [1.82, 2.24) is 9.29 Å². The Bertz CT molecular complexity index is 834. The maximum Gasteiger partial charge on any atom is 0.214 e. The van der Waals surface area contributed by atoms with Gasteiger partial charge >= 0.3 is 0 Å². The number of hydrogen-bond donors (Lipinski definition) is 0. The lowest BCUT2D eigenvalue weighted by molar-refractivity contribution is 0.316. The van der Waals surface area contributed by atoms with Gasteiger partial charge in [-0.1, -0.05) is 44.2 Å². The Labute approximate surface area is 154 Å². The first-order valence-electron chi connectivity index (χ1n) is 9.05. The summed E-state index contributed by atoms with van der Waals surface area (Å²) in [6.45, 7) is 3.86. The van der Waals surface area contributed by atoms with Crippen LogP contribution in [0.1, 0.15) is 56.7 Å². The van der Waals surface area contributed by atoms with Crippen LogP contribution in [0.15, 0.2) is 34.7 Å². The first-order chi connectivity index (χ1) is 12.4. The minimum Gasteiger partial charge on any atom is -0.443 e. The number of alkyl halides is 1. The largest absolute Gasteiger partial charge is 0.443 e. The molecule has 142 valence electrons. The van der Waals surface area contributed by atoms with Gasteiger partial charge in [-0.15, -0.1) is 0 Å². The van der Waals surface area contributed by atoms with Crippen molar-refractivity contribution < 1.29 is 17.2 Å². The quantitative estimate of drug-likeness (QED) is 0.719. The summed E-state index contributed by atoms with van der Waals surface area (Å²) in [6.07, 6.45) is 1.43. The predicted molar refractivity (Wildman–Crippen MR) is 99.1 cm³/mol. The molecule has 0 aliphatic carbocycles. The lowest BCUT2D eigenvalue weighted by Gasteiger charge is -2.21. The van der Waals surface area contributed by atoms with Crippen molar-refractivity contribution in [2.75, 3.05) is 19.0 Å². The van der Waals surface area contributed by atoms with Crippen LogP contribution in [-0.4, -0.2) is 36.7 Å². The molecule has 0 spiro atoms. The van der Waals surface area contributed by atoms with E-state index in [1.165, 1.54) is 4.31 Å². The highest BCUT2D eigenvalue weighted by molar-refractivity contribution is 7.89. The van der Waals surface area contributed by atoms with Crippen molar-refractivity contribution in [1.29, 1.82) is 0 Å². The zero-order chi connectivity index (χ0) is 18.7. The molecule has 2 heterocycles. The Morgan fingerprint density at radius 3 is 2.69 bits per heavy atom. The van der Waals surface area contributed by atoms with Crippen LogP contribution in [0, 0.1) is 0 Å². The molecule has 0 bridgehead atoms. The van der Waals surface area contributed by atoms with Gasteiger partial charge in [0.15, 0.2) is 0 Å². The number of oxazole rings is 1. The van der Waals surface area contributed by atoms with E-state index in [0.29, 0.717) is 18.9 Å². The highest BCUT2D eigenvalue weighted by atomic mass is 32.2. The molecule has 0 radical (unpaired) electrons. The molecule has 1 aliphatic rings. The van der Waals surface area contributed by atoms with E-state index in [1.54, 1.807) is 0 Å². The van der Waals surface area contributed by atoms with Crippen molar-refractivity contribution in [2.24, 2.45) is 0 Å². The number of hydrogen-bond acceptors (Lipinski definition) is 4. The molecule has 5 nitrogen and oxygen atoms in total. The van der Waals surface area contributed by atoms with Crippen LogP contribution >= 0.6 is 0 Å². The van der Waals surface area contributed by atoms with Crippen molar-refractivity contribution in [3.05, 3.63) is 42.0 Å². The summed E-state index contributed by atoms with van der Waals surface area (Å²) < 4.78 is 45.1. The number of sulfonamides is 1. The van der Waals surface area contributed by atoms with Crippen LogP contribution in [0.4, 0.5) is 4.39 Å². The van der Waals surface area contributed by atoms with E-state index in [-0.39, 0.29) is 18.1 Å². The van der Waals surface area contributed by atoms with Gasteiger partial charge in [-0.3, -0.25) is 4.39 Å². The molecule has 7 heteroatoms. The van der Waals surface area contributed by atoms with Crippen LogP contribution in [0.3, 0.4) is 0 Å². The van der Waals surface area contributed by atoms with Crippen LogP contribution in [0.2, 0.25) is 0 Å². The third-order valence-electron chi connectivity index (χ3n) is 4.62. The highest BCUT2D eigenvalue weighted by Crippen LogP contribution is 2.38. The van der Waals surface area contributed by atoms with Gasteiger partial charge in [0, 0.05) is 18.0 Å². The minimum absolute atomic E-state index is 0.0175. The molecule has 1 fully saturated rings. The smallest absolute Gasteiger partial charge is 0.214 e. The Balaban J connectivity index is 1.96. The van der Waals surface area contributed by atoms with Crippen molar-refractivity contribution in [3.63, 3.8) is 0 Å². The topological polar surface area (TPSA) is 63.4 Å². The maximum atomic E-state index is 12.6. The van der Waals surface area contributed by atoms with Gasteiger partial charge in [0.2, 0.25) is 15.9 Å². The summed E-state index contributed by atoms with van der Waals surface area (Å²) in [4.78, 5) is 4.68. The molecular formula is C19H25FN2O3S. The molecule has 1 aliphatic heterocycles. The van der Waals surface area contributed by atoms with Gasteiger partial charge < -0.3 is 4.42 Å². The van der Waals surface area contributed by atoms with Gasteiger partial charge in [0.1, 0.15) is 17.5 Å². The van der Waals surface area contributed by atoms with Crippen molar-refractivity contribution in [3.8, 4) is 11.3 Å². The lowest BCUT2D eigenvalue weighted by Crippen LogP contribution is -2.33. The SMILES string of the molecule is CC(C)c1oc(C2CCCN2S(=O)(=O)CCCF)nc1-c1ccccc1. The second kappa shape index (κ2) is 7.88. The Morgan fingerprint density at radius 1 is 1.31 bits per heavy atom. The van der Waals surface area contributed by atoms with Crippen LogP contribution in [0.25, 0.3) is 11.3 Å². The summed E-state index contributed by atoms with van der Waals surface area (Å²) in [5, 5.41) is 0. The summed E-state index contributed by atoms with van der Waals surface area (Å²) >= 11 is 0. The molecule has 1 saturated heterocycles. The Hall–Kier alpha value is -1.73. The van der Waals surface area contributed by atoms with Crippen LogP contribution < -0.4 is 0 Å². The van der Waals surface area contributed by atoms with E-state index in [0.717, 1.165) is 23.4 Å². The number of rotatable bonds is 7. The molecule has 1 unspecified atom stereocenters. The fourth-order valence-electron chi connectivity index (χ4n) is 3.36. The molecule has 26 heavy (non-hydrogen) atoms. The number of aromatic nitrogens is 1. The molecule has 0 N–H and O–H groups in total. The van der Waals surface area contributed by atoms with Crippen molar-refractivity contribution >= 4 is 10.0 Å². The zero-order valence-corrected chi connectivity index (χ0v) is 16.0. The fraction of sp³-hybridized carbons (Fsp3) is 0.526. The Kier molecular flexibility index (Phi) is 5.77. The van der Waals surface area contributed by atoms with Gasteiger partial charge in [-0.2, -0.15) is 4.31 Å². The molecule has 0 amide bonds. The lowest BCUT2D eigenvalue weighted by atomic mass is 10.0. The predicted octanol–water partition coefficient (Wildman–Crippen LogP) is 4.29. The van der Waals surface area contributed by atoms with Crippen LogP contribution in [-0.2, 0) is 10.0 Å². The molecule has 2 aromatic rings. The molecule has 1 atom stereocenters. The molecule has 0 saturated carbocycles. The van der Waals surface area contributed by atoms with Gasteiger partial charge in [0.05, 0.1) is 12.4 Å². The average molecular weight is 380 g/mol. The summed E-state index contributed by atoms with van der Waals surface area (Å²) in [5.74, 6) is 1.15. The Morgan fingerprint density at radius 2 is 2.04 bits per heavy atom. The normalized spacial score (nSPS) is 18.7. The number of nitrogens with zero attached hydrogens (tertiary/aromatic N) is 2. The van der Waals surface area contributed by atoms with E-state index in [4.69, 9.17) is 4.42 Å². The first-order valence-corrected chi connectivity index (χ1v) is 10.7. The third-order valence-corrected chi connectivity index (χ3v) is 6.58. The van der Waals surface area contributed by atoms with E-state index in [9.17, 15) is 12.8 Å². The van der Waals surface area contributed by atoms with Gasteiger partial charge in [-0.05, 0) is 19.3 Å². The maximum absolute atomic E-state index is 12.6. The third kappa shape index (κ3) is 3.83. The number of halogens is 1. The molecular weight excluding hydrogens is 355 g/mol. The molecule has 1 aromatic heterocycles. The second-order valence-corrected chi connectivity index (χ2v) is 8.95.